The lowest BCUT2D eigenvalue weighted by atomic mass is 9.74. The van der Waals surface area contributed by atoms with E-state index in [1.807, 2.05) is 6.92 Å². The molecule has 3 heteroatoms. The minimum absolute atomic E-state index is 0.00893. The first-order valence-corrected chi connectivity index (χ1v) is 7.49. The normalized spacial score (nSPS) is 23.1. The van der Waals surface area contributed by atoms with Crippen molar-refractivity contribution in [2.45, 2.75) is 59.3 Å². The van der Waals surface area contributed by atoms with Crippen molar-refractivity contribution in [3.05, 3.63) is 11.3 Å². The Balaban J connectivity index is 2.37. The second-order valence-corrected chi connectivity index (χ2v) is 6.63. The Labute approximate surface area is 116 Å². The molecule has 19 heavy (non-hydrogen) atoms. The Bertz CT molecular complexity index is 414. The molecule has 2 aliphatic rings. The summed E-state index contributed by atoms with van der Waals surface area (Å²) in [6.07, 6.45) is 5.03. The Morgan fingerprint density at radius 3 is 2.42 bits per heavy atom. The van der Waals surface area contributed by atoms with Gasteiger partial charge in [-0.15, -0.1) is 0 Å². The summed E-state index contributed by atoms with van der Waals surface area (Å²) in [4.78, 5) is 26.9. The molecule has 0 aromatic carbocycles. The molecule has 0 aromatic heterocycles. The first-order valence-electron chi connectivity index (χ1n) is 7.49. The SMILES string of the molecule is CCCC(=O)C1=C(N2CCCC2)CC(C)(C)CC1=O. The number of Topliss-reactive ketones (excluding diaryl/α,β-unsaturated/α-hetero) is 2. The van der Waals surface area contributed by atoms with Crippen LogP contribution in [0.5, 0.6) is 0 Å². The Morgan fingerprint density at radius 2 is 1.84 bits per heavy atom. The van der Waals surface area contributed by atoms with Gasteiger partial charge in [0.25, 0.3) is 0 Å². The summed E-state index contributed by atoms with van der Waals surface area (Å²) in [6, 6.07) is 0. The lowest BCUT2D eigenvalue weighted by Crippen LogP contribution is -2.35. The van der Waals surface area contributed by atoms with Crippen LogP contribution in [0, 0.1) is 5.41 Å². The van der Waals surface area contributed by atoms with Gasteiger partial charge in [-0.1, -0.05) is 20.8 Å². The minimum Gasteiger partial charge on any atom is -0.374 e. The fourth-order valence-corrected chi connectivity index (χ4v) is 3.21. The van der Waals surface area contributed by atoms with Crippen molar-refractivity contribution in [2.75, 3.05) is 13.1 Å². The van der Waals surface area contributed by atoms with Crippen LogP contribution in [0.15, 0.2) is 11.3 Å². The summed E-state index contributed by atoms with van der Waals surface area (Å²) in [7, 11) is 0. The van der Waals surface area contributed by atoms with Crippen LogP contribution in [-0.2, 0) is 9.59 Å². The molecule has 0 radical (unpaired) electrons. The standard InChI is InChI=1S/C16H25NO2/c1-4-7-13(18)15-12(17-8-5-6-9-17)10-16(2,3)11-14(15)19/h4-11H2,1-3H3. The van der Waals surface area contributed by atoms with Crippen molar-refractivity contribution in [1.82, 2.24) is 4.90 Å². The number of rotatable bonds is 4. The van der Waals surface area contributed by atoms with Crippen LogP contribution in [0.1, 0.15) is 59.3 Å². The van der Waals surface area contributed by atoms with Gasteiger partial charge in [-0.3, -0.25) is 9.59 Å². The largest absolute Gasteiger partial charge is 0.374 e. The molecule has 1 fully saturated rings. The molecule has 106 valence electrons. The molecule has 2 rings (SSSR count). The van der Waals surface area contributed by atoms with Crippen LogP contribution in [0.2, 0.25) is 0 Å². The van der Waals surface area contributed by atoms with Gasteiger partial charge in [0.1, 0.15) is 0 Å². The maximum atomic E-state index is 12.4. The van der Waals surface area contributed by atoms with E-state index in [2.05, 4.69) is 18.7 Å². The van der Waals surface area contributed by atoms with Gasteiger partial charge < -0.3 is 4.90 Å². The number of hydrogen-bond acceptors (Lipinski definition) is 3. The second-order valence-electron chi connectivity index (χ2n) is 6.63. The van der Waals surface area contributed by atoms with Crippen molar-refractivity contribution in [3.63, 3.8) is 0 Å². The summed E-state index contributed by atoms with van der Waals surface area (Å²) < 4.78 is 0. The molecule has 0 atom stereocenters. The third-order valence-corrected chi connectivity index (χ3v) is 4.10. The van der Waals surface area contributed by atoms with Gasteiger partial charge in [0.05, 0.1) is 5.57 Å². The van der Waals surface area contributed by atoms with Crippen LogP contribution in [-0.4, -0.2) is 29.6 Å². The van der Waals surface area contributed by atoms with E-state index in [1.54, 1.807) is 0 Å². The molecule has 0 aromatic rings. The number of carbonyl (C=O) groups is 2. The number of ketones is 2. The van der Waals surface area contributed by atoms with E-state index in [4.69, 9.17) is 0 Å². The van der Waals surface area contributed by atoms with Crippen molar-refractivity contribution >= 4 is 11.6 Å². The number of hydrogen-bond donors (Lipinski definition) is 0. The first-order chi connectivity index (χ1) is 8.94. The fourth-order valence-electron chi connectivity index (χ4n) is 3.21. The molecule has 1 aliphatic heterocycles. The molecule has 0 amide bonds. The number of nitrogens with zero attached hydrogens (tertiary/aromatic N) is 1. The summed E-state index contributed by atoms with van der Waals surface area (Å²) in [5.74, 6) is 0.126. The molecule has 1 aliphatic carbocycles. The van der Waals surface area contributed by atoms with Gasteiger partial charge >= 0.3 is 0 Å². The van der Waals surface area contributed by atoms with Crippen LogP contribution in [0.3, 0.4) is 0 Å². The molecule has 3 nitrogen and oxygen atoms in total. The molecule has 1 heterocycles. The van der Waals surface area contributed by atoms with Crippen molar-refractivity contribution in [1.29, 1.82) is 0 Å². The molecule has 0 bridgehead atoms. The van der Waals surface area contributed by atoms with Gasteiger partial charge in [-0.2, -0.15) is 0 Å². The summed E-state index contributed by atoms with van der Waals surface area (Å²) >= 11 is 0. The number of likely N-dealkylation sites (tertiary alicyclic amines) is 1. The molecular formula is C16H25NO2. The van der Waals surface area contributed by atoms with Gasteiger partial charge in [0, 0.05) is 31.6 Å². The van der Waals surface area contributed by atoms with E-state index in [0.717, 1.165) is 31.6 Å². The Hall–Kier alpha value is -1.12. The van der Waals surface area contributed by atoms with E-state index in [9.17, 15) is 9.59 Å². The van der Waals surface area contributed by atoms with Crippen LogP contribution >= 0.6 is 0 Å². The second kappa shape index (κ2) is 5.48. The van der Waals surface area contributed by atoms with E-state index in [1.165, 1.54) is 12.8 Å². The van der Waals surface area contributed by atoms with Crippen LogP contribution in [0.25, 0.3) is 0 Å². The zero-order chi connectivity index (χ0) is 14.0. The summed E-state index contributed by atoms with van der Waals surface area (Å²) in [5, 5.41) is 0. The zero-order valence-electron chi connectivity index (χ0n) is 12.4. The molecule has 0 unspecified atom stereocenters. The topological polar surface area (TPSA) is 37.4 Å². The molecule has 0 N–H and O–H groups in total. The molecular weight excluding hydrogens is 238 g/mol. The number of allylic oxidation sites excluding steroid dienone is 2. The van der Waals surface area contributed by atoms with E-state index < -0.39 is 0 Å². The summed E-state index contributed by atoms with van der Waals surface area (Å²) in [5.41, 5.74) is 1.56. The van der Waals surface area contributed by atoms with E-state index >= 15 is 0 Å². The fraction of sp³-hybridized carbons (Fsp3) is 0.750. The lowest BCUT2D eigenvalue weighted by Gasteiger charge is -2.36. The van der Waals surface area contributed by atoms with Gasteiger partial charge in [-0.05, 0) is 31.1 Å². The highest BCUT2D eigenvalue weighted by molar-refractivity contribution is 6.21. The average molecular weight is 263 g/mol. The molecule has 0 spiro atoms. The Kier molecular flexibility index (Phi) is 4.12. The van der Waals surface area contributed by atoms with Gasteiger partial charge in [-0.25, -0.2) is 0 Å². The highest BCUT2D eigenvalue weighted by Crippen LogP contribution is 2.39. The maximum Gasteiger partial charge on any atom is 0.168 e. The third-order valence-electron chi connectivity index (χ3n) is 4.10. The van der Waals surface area contributed by atoms with Gasteiger partial charge in [0.2, 0.25) is 0 Å². The smallest absolute Gasteiger partial charge is 0.168 e. The average Bonchev–Trinajstić information content (AvgIpc) is 2.79. The predicted octanol–water partition coefficient (Wildman–Crippen LogP) is 3.09. The zero-order valence-corrected chi connectivity index (χ0v) is 12.4. The molecule has 1 saturated heterocycles. The van der Waals surface area contributed by atoms with Crippen molar-refractivity contribution < 1.29 is 9.59 Å². The van der Waals surface area contributed by atoms with Crippen LogP contribution in [0.4, 0.5) is 0 Å². The first kappa shape index (κ1) is 14.3. The van der Waals surface area contributed by atoms with E-state index in [-0.39, 0.29) is 17.0 Å². The predicted molar refractivity (Wildman–Crippen MR) is 75.8 cm³/mol. The quantitative estimate of drug-likeness (QED) is 0.731. The summed E-state index contributed by atoms with van der Waals surface area (Å²) in [6.45, 7) is 8.25. The maximum absolute atomic E-state index is 12.4. The van der Waals surface area contributed by atoms with Crippen molar-refractivity contribution in [2.24, 2.45) is 5.41 Å². The minimum atomic E-state index is -0.00893. The lowest BCUT2D eigenvalue weighted by molar-refractivity contribution is -0.123. The Morgan fingerprint density at radius 1 is 1.21 bits per heavy atom. The number of carbonyl (C=O) groups excluding carboxylic acids is 2. The van der Waals surface area contributed by atoms with Crippen LogP contribution < -0.4 is 0 Å². The third kappa shape index (κ3) is 3.07. The monoisotopic (exact) mass is 263 g/mol. The van der Waals surface area contributed by atoms with Crippen molar-refractivity contribution in [3.8, 4) is 0 Å². The highest BCUT2D eigenvalue weighted by atomic mass is 16.1. The highest BCUT2D eigenvalue weighted by Gasteiger charge is 2.37. The van der Waals surface area contributed by atoms with E-state index in [0.29, 0.717) is 18.4 Å². The molecule has 0 saturated carbocycles. The van der Waals surface area contributed by atoms with Gasteiger partial charge in [0.15, 0.2) is 11.6 Å².